The second-order valence-corrected chi connectivity index (χ2v) is 29.3. The summed E-state index contributed by atoms with van der Waals surface area (Å²) in [5.74, 6) is 1.79. The third-order valence-corrected chi connectivity index (χ3v) is 20.1. The molecule has 3 aliphatic carbocycles. The molecule has 0 saturated heterocycles. The number of nitrogens with zero attached hydrogens (tertiary/aromatic N) is 2. The van der Waals surface area contributed by atoms with E-state index in [1.54, 1.807) is 0 Å². The average Bonchev–Trinajstić information content (AvgIpc) is 1.57. The van der Waals surface area contributed by atoms with Crippen LogP contribution >= 0.6 is 0 Å². The van der Waals surface area contributed by atoms with Gasteiger partial charge in [0.25, 0.3) is 0 Å². The Morgan fingerprint density at radius 3 is 1.08 bits per heavy atom. The maximum absolute atomic E-state index is 7.18. The van der Waals surface area contributed by atoms with Crippen LogP contribution < -0.4 is 9.64 Å². The largest absolute Gasteiger partial charge is 0.457 e. The van der Waals surface area contributed by atoms with Crippen LogP contribution in [-0.2, 0) is 32.5 Å². The Morgan fingerprint density at radius 2 is 0.632 bits per heavy atom. The smallest absolute Gasteiger partial charge is 0.132 e. The van der Waals surface area contributed by atoms with Crippen molar-refractivity contribution in [1.29, 1.82) is 0 Å². The van der Waals surface area contributed by atoms with Crippen LogP contribution in [-0.4, -0.2) is 4.57 Å². The van der Waals surface area contributed by atoms with Gasteiger partial charge in [0.2, 0.25) is 0 Å². The summed E-state index contributed by atoms with van der Waals surface area (Å²) in [7, 11) is 0. The predicted octanol–water partition coefficient (Wildman–Crippen LogP) is 22.3. The molecule has 0 N–H and O–H groups in total. The molecular formula is C84H74N2O. The molecule has 2 heterocycles. The van der Waals surface area contributed by atoms with Crippen molar-refractivity contribution in [2.45, 2.75) is 116 Å². The van der Waals surface area contributed by atoms with Crippen molar-refractivity contribution in [3.63, 3.8) is 0 Å². The van der Waals surface area contributed by atoms with Gasteiger partial charge in [-0.3, -0.25) is 0 Å². The lowest BCUT2D eigenvalue weighted by Gasteiger charge is -2.41. The Balaban J connectivity index is 1.03. The Morgan fingerprint density at radius 1 is 0.299 bits per heavy atom. The van der Waals surface area contributed by atoms with Crippen LogP contribution in [0.25, 0.3) is 60.9 Å². The fourth-order valence-corrected chi connectivity index (χ4v) is 15.7. The number of ether oxygens (including phenoxy) is 1. The van der Waals surface area contributed by atoms with Gasteiger partial charge >= 0.3 is 0 Å². The highest BCUT2D eigenvalue weighted by Gasteiger charge is 2.54. The summed E-state index contributed by atoms with van der Waals surface area (Å²) in [5, 5.41) is 2.46. The Kier molecular flexibility index (Phi) is 11.1. The standard InChI is InChI=1S/C84H74N2O/c1-79(2,3)51-33-39-59-60-40-34-52(80(4,5)6)46-68(60)83(67(59)45-51)65-27-17-13-23-57(65)61-41-37-55(49-69(61)83)85(75-31-21-22-32-76(75)86-73-29-19-15-25-63(73)64-26-16-20-30-74(64)86)56-38-42-62-58-24-14-18-28-66(58)84(70(62)50-56)71-47-53(81(7,8)9)35-43-77(71)87-78-44-36-54(48-72(78)84)82(10,11)12/h13-50H,1-12H3. The van der Waals surface area contributed by atoms with Crippen LogP contribution in [0.15, 0.2) is 231 Å². The van der Waals surface area contributed by atoms with Crippen molar-refractivity contribution in [2.75, 3.05) is 4.90 Å². The number of rotatable bonds is 4. The molecule has 0 fully saturated rings. The van der Waals surface area contributed by atoms with E-state index < -0.39 is 10.8 Å². The average molecular weight is 1130 g/mol. The zero-order chi connectivity index (χ0) is 59.9. The van der Waals surface area contributed by atoms with Gasteiger partial charge in [-0.2, -0.15) is 0 Å². The van der Waals surface area contributed by atoms with Crippen LogP contribution in [0, 0.1) is 0 Å². The van der Waals surface area contributed by atoms with Gasteiger partial charge in [0.05, 0.1) is 33.2 Å². The summed E-state index contributed by atoms with van der Waals surface area (Å²) in [5.41, 5.74) is 28.1. The predicted molar refractivity (Wildman–Crippen MR) is 364 cm³/mol. The molecule has 11 aromatic carbocycles. The van der Waals surface area contributed by atoms with Crippen molar-refractivity contribution >= 4 is 38.9 Å². The first kappa shape index (κ1) is 53.3. The highest BCUT2D eigenvalue weighted by molar-refractivity contribution is 6.10. The second-order valence-electron chi connectivity index (χ2n) is 29.3. The monoisotopic (exact) mass is 1130 g/mol. The molecule has 426 valence electrons. The topological polar surface area (TPSA) is 17.4 Å². The van der Waals surface area contributed by atoms with Crippen molar-refractivity contribution in [2.24, 2.45) is 0 Å². The maximum atomic E-state index is 7.18. The molecule has 0 amide bonds. The molecule has 3 nitrogen and oxygen atoms in total. The van der Waals surface area contributed by atoms with E-state index in [0.717, 1.165) is 34.2 Å². The molecule has 2 spiro atoms. The Bertz CT molecular complexity index is 4720. The molecule has 4 aliphatic rings. The van der Waals surface area contributed by atoms with E-state index in [2.05, 4.69) is 323 Å². The molecule has 0 unspecified atom stereocenters. The molecule has 1 aliphatic heterocycles. The number of anilines is 3. The third kappa shape index (κ3) is 7.48. The lowest BCUT2D eigenvalue weighted by atomic mass is 9.64. The van der Waals surface area contributed by atoms with Gasteiger partial charge in [-0.1, -0.05) is 241 Å². The highest BCUT2D eigenvalue weighted by atomic mass is 16.5. The van der Waals surface area contributed by atoms with Crippen molar-refractivity contribution < 1.29 is 4.74 Å². The van der Waals surface area contributed by atoms with Gasteiger partial charge in [-0.25, -0.2) is 0 Å². The van der Waals surface area contributed by atoms with Gasteiger partial charge < -0.3 is 14.2 Å². The van der Waals surface area contributed by atoms with Crippen LogP contribution in [0.5, 0.6) is 11.5 Å². The first-order chi connectivity index (χ1) is 41.7. The summed E-state index contributed by atoms with van der Waals surface area (Å²) in [6.45, 7) is 28.1. The SMILES string of the molecule is CC(C)(C)c1ccc2c(c1)C1(c3cc(C(C)(C)C)ccc3O2)c2ccccc2-c2ccc(N(c3ccc4c(c3)C3(c5ccccc5-4)c4cc(C(C)(C)C)ccc4-c4ccc(C(C)(C)C)cc43)c3ccccc3-n3c4ccccc4c4ccccc43)cc21. The van der Waals surface area contributed by atoms with Crippen LogP contribution in [0.2, 0.25) is 0 Å². The van der Waals surface area contributed by atoms with Gasteiger partial charge in [-0.05, 0) is 183 Å². The summed E-state index contributed by atoms with van der Waals surface area (Å²) in [6, 6.07) is 89.0. The third-order valence-electron chi connectivity index (χ3n) is 20.1. The quantitative estimate of drug-likeness (QED) is 0.175. The maximum Gasteiger partial charge on any atom is 0.132 e. The first-order valence-electron chi connectivity index (χ1n) is 31.3. The Hall–Kier alpha value is -9.18. The molecule has 12 aromatic rings. The number of hydrogen-bond donors (Lipinski definition) is 0. The molecule has 3 heteroatoms. The molecule has 1 aromatic heterocycles. The lowest BCUT2D eigenvalue weighted by Crippen LogP contribution is -2.33. The van der Waals surface area contributed by atoms with E-state index in [9.17, 15) is 0 Å². The summed E-state index contributed by atoms with van der Waals surface area (Å²) in [6.07, 6.45) is 0. The van der Waals surface area contributed by atoms with Gasteiger partial charge in [0, 0.05) is 33.3 Å². The first-order valence-corrected chi connectivity index (χ1v) is 31.3. The van der Waals surface area contributed by atoms with Crippen molar-refractivity contribution in [3.8, 4) is 50.6 Å². The van der Waals surface area contributed by atoms with Crippen molar-refractivity contribution in [1.82, 2.24) is 4.57 Å². The van der Waals surface area contributed by atoms with E-state index in [1.807, 2.05) is 0 Å². The minimum atomic E-state index is -0.734. The molecule has 16 rings (SSSR count). The normalized spacial score (nSPS) is 14.7. The summed E-state index contributed by atoms with van der Waals surface area (Å²) in [4.78, 5) is 2.60. The van der Waals surface area contributed by atoms with Crippen LogP contribution in [0.4, 0.5) is 17.1 Å². The van der Waals surface area contributed by atoms with Crippen LogP contribution in [0.1, 0.15) is 150 Å². The van der Waals surface area contributed by atoms with E-state index in [0.29, 0.717) is 0 Å². The molecule has 87 heavy (non-hydrogen) atoms. The van der Waals surface area contributed by atoms with E-state index in [-0.39, 0.29) is 21.7 Å². The minimum Gasteiger partial charge on any atom is -0.457 e. The number of aromatic nitrogens is 1. The van der Waals surface area contributed by atoms with E-state index in [4.69, 9.17) is 4.74 Å². The fraction of sp³-hybridized carbons (Fsp3) is 0.214. The minimum absolute atomic E-state index is 0.0730. The van der Waals surface area contributed by atoms with Gasteiger partial charge in [-0.15, -0.1) is 0 Å². The number of fused-ring (bicyclic) bond motifs is 22. The molecule has 0 radical (unpaired) electrons. The van der Waals surface area contributed by atoms with E-state index in [1.165, 1.54) is 122 Å². The van der Waals surface area contributed by atoms with E-state index >= 15 is 0 Å². The molecular weight excluding hydrogens is 1050 g/mol. The molecule has 0 saturated carbocycles. The highest BCUT2D eigenvalue weighted by Crippen LogP contribution is 2.66. The number of para-hydroxylation sites is 4. The second kappa shape index (κ2) is 18.2. The zero-order valence-electron chi connectivity index (χ0n) is 52.2. The fourth-order valence-electron chi connectivity index (χ4n) is 15.7. The van der Waals surface area contributed by atoms with Gasteiger partial charge in [0.15, 0.2) is 0 Å². The number of benzene rings is 11. The van der Waals surface area contributed by atoms with Crippen molar-refractivity contribution in [3.05, 3.63) is 297 Å². The molecule has 0 bridgehead atoms. The van der Waals surface area contributed by atoms with Crippen LogP contribution in [0.3, 0.4) is 0 Å². The number of hydrogen-bond acceptors (Lipinski definition) is 2. The Labute approximate surface area is 513 Å². The summed E-state index contributed by atoms with van der Waals surface area (Å²) < 4.78 is 9.68. The molecule has 0 atom stereocenters. The lowest BCUT2D eigenvalue weighted by molar-refractivity contribution is 0.433. The summed E-state index contributed by atoms with van der Waals surface area (Å²) >= 11 is 0. The van der Waals surface area contributed by atoms with Gasteiger partial charge in [0.1, 0.15) is 11.5 Å². The zero-order valence-corrected chi connectivity index (χ0v) is 52.2.